The first-order valence-corrected chi connectivity index (χ1v) is 6.82. The van der Waals surface area contributed by atoms with Crippen LogP contribution in [0.3, 0.4) is 0 Å². The summed E-state index contributed by atoms with van der Waals surface area (Å²) in [5.41, 5.74) is 0.494. The summed E-state index contributed by atoms with van der Waals surface area (Å²) in [5, 5.41) is 12.6. The molecule has 104 valence electrons. The molecule has 0 amide bonds. The first-order valence-electron chi connectivity index (χ1n) is 5.94. The number of thiophene rings is 1. The molecule has 1 aromatic heterocycles. The molecule has 7 heteroatoms. The number of carbonyl (C=O) groups excluding carboxylic acids is 1. The third-order valence-corrected chi connectivity index (χ3v) is 3.57. The highest BCUT2D eigenvalue weighted by Gasteiger charge is 2.25. The zero-order valence-corrected chi connectivity index (χ0v) is 11.4. The molecule has 1 aromatic carbocycles. The molecule has 0 aliphatic carbocycles. The second-order valence-electron chi connectivity index (χ2n) is 4.16. The Morgan fingerprint density at radius 1 is 1.29 bits per heavy atom. The highest BCUT2D eigenvalue weighted by Crippen LogP contribution is 2.22. The molecule has 0 radical (unpaired) electrons. The number of rotatable bonds is 3. The van der Waals surface area contributed by atoms with E-state index in [0.29, 0.717) is 5.56 Å². The first kappa shape index (κ1) is 13.2. The van der Waals surface area contributed by atoms with Crippen molar-refractivity contribution >= 4 is 35.0 Å². The third-order valence-electron chi connectivity index (χ3n) is 2.75. The molecule has 0 atom stereocenters. The third kappa shape index (κ3) is 2.72. The van der Waals surface area contributed by atoms with Crippen LogP contribution in [0.15, 0.2) is 52.5 Å². The van der Waals surface area contributed by atoms with E-state index >= 15 is 0 Å². The van der Waals surface area contributed by atoms with Crippen molar-refractivity contribution < 1.29 is 14.5 Å². The average molecular weight is 300 g/mol. The smallest absolute Gasteiger partial charge is 0.363 e. The summed E-state index contributed by atoms with van der Waals surface area (Å²) in [4.78, 5) is 27.0. The van der Waals surface area contributed by atoms with Gasteiger partial charge >= 0.3 is 5.97 Å². The summed E-state index contributed by atoms with van der Waals surface area (Å²) in [6, 6.07) is 9.52. The van der Waals surface area contributed by atoms with E-state index in [-0.39, 0.29) is 17.3 Å². The Labute approximate surface area is 123 Å². The number of nitro benzene ring substituents is 1. The number of benzene rings is 1. The molecule has 0 bridgehead atoms. The van der Waals surface area contributed by atoms with Crippen molar-refractivity contribution in [3.05, 3.63) is 68.0 Å². The molecule has 0 N–H and O–H groups in total. The Hall–Kier alpha value is -2.80. The van der Waals surface area contributed by atoms with Crippen LogP contribution in [0.2, 0.25) is 0 Å². The summed E-state index contributed by atoms with van der Waals surface area (Å²) in [5.74, 6) is -0.489. The molecular formula is C14H8N2O4S. The van der Waals surface area contributed by atoms with Crippen molar-refractivity contribution in [2.75, 3.05) is 0 Å². The lowest BCUT2D eigenvalue weighted by atomic mass is 10.2. The van der Waals surface area contributed by atoms with Gasteiger partial charge in [-0.15, -0.1) is 11.3 Å². The fourth-order valence-electron chi connectivity index (χ4n) is 1.79. The van der Waals surface area contributed by atoms with Crippen LogP contribution >= 0.6 is 11.3 Å². The lowest BCUT2D eigenvalue weighted by Gasteiger charge is -1.98. The van der Waals surface area contributed by atoms with Crippen molar-refractivity contribution in [2.24, 2.45) is 4.99 Å². The van der Waals surface area contributed by atoms with E-state index in [0.717, 1.165) is 4.88 Å². The number of hydrogen-bond donors (Lipinski definition) is 0. The fourth-order valence-corrected chi connectivity index (χ4v) is 2.44. The van der Waals surface area contributed by atoms with Crippen molar-refractivity contribution in [1.82, 2.24) is 0 Å². The lowest BCUT2D eigenvalue weighted by molar-refractivity contribution is -0.384. The maximum absolute atomic E-state index is 11.8. The molecule has 21 heavy (non-hydrogen) atoms. The maximum atomic E-state index is 11.8. The van der Waals surface area contributed by atoms with Crippen LogP contribution in [-0.4, -0.2) is 16.8 Å². The normalized spacial score (nSPS) is 15.9. The Morgan fingerprint density at radius 3 is 2.86 bits per heavy atom. The van der Waals surface area contributed by atoms with Gasteiger partial charge in [-0.1, -0.05) is 12.1 Å². The Morgan fingerprint density at radius 2 is 2.14 bits per heavy atom. The molecule has 0 fully saturated rings. The monoisotopic (exact) mass is 300 g/mol. The van der Waals surface area contributed by atoms with Gasteiger partial charge in [-0.05, 0) is 23.6 Å². The van der Waals surface area contributed by atoms with E-state index in [1.807, 2.05) is 17.5 Å². The van der Waals surface area contributed by atoms with Crippen LogP contribution in [-0.2, 0) is 9.53 Å². The number of carbonyl (C=O) groups is 1. The van der Waals surface area contributed by atoms with E-state index in [4.69, 9.17) is 4.74 Å². The molecule has 1 aliphatic heterocycles. The molecule has 3 rings (SSSR count). The van der Waals surface area contributed by atoms with E-state index in [2.05, 4.69) is 4.99 Å². The number of non-ortho nitro benzene ring substituents is 1. The molecule has 6 nitrogen and oxygen atoms in total. The molecule has 2 aromatic rings. The topological polar surface area (TPSA) is 81.8 Å². The van der Waals surface area contributed by atoms with Gasteiger partial charge in [0.15, 0.2) is 5.70 Å². The molecule has 2 heterocycles. The highest BCUT2D eigenvalue weighted by atomic mass is 32.1. The number of aliphatic imine (C=N–C) groups is 1. The first-order chi connectivity index (χ1) is 10.1. The van der Waals surface area contributed by atoms with Crippen molar-refractivity contribution in [3.63, 3.8) is 0 Å². The van der Waals surface area contributed by atoms with Crippen LogP contribution in [0.1, 0.15) is 10.4 Å². The number of cyclic esters (lactones) is 1. The quantitative estimate of drug-likeness (QED) is 0.377. The van der Waals surface area contributed by atoms with Crippen molar-refractivity contribution in [3.8, 4) is 0 Å². The van der Waals surface area contributed by atoms with Gasteiger partial charge in [0, 0.05) is 22.6 Å². The van der Waals surface area contributed by atoms with Crippen molar-refractivity contribution in [2.45, 2.75) is 0 Å². The standard InChI is InChI=1S/C14H8N2O4S/c17-14-12(8-11-5-2-6-21-11)15-13(20-14)9-3-1-4-10(7-9)16(18)19/h1-8H/b12-8-. The summed E-state index contributed by atoms with van der Waals surface area (Å²) < 4.78 is 5.07. The maximum Gasteiger partial charge on any atom is 0.363 e. The predicted octanol–water partition coefficient (Wildman–Crippen LogP) is 3.00. The van der Waals surface area contributed by atoms with Gasteiger partial charge in [-0.2, -0.15) is 0 Å². The van der Waals surface area contributed by atoms with Crippen LogP contribution < -0.4 is 0 Å². The minimum absolute atomic E-state index is 0.0755. The van der Waals surface area contributed by atoms with E-state index in [9.17, 15) is 14.9 Å². The molecule has 0 saturated heterocycles. The van der Waals surface area contributed by atoms with Crippen LogP contribution in [0.5, 0.6) is 0 Å². The summed E-state index contributed by atoms with van der Waals surface area (Å²) in [7, 11) is 0. The van der Waals surface area contributed by atoms with Gasteiger partial charge < -0.3 is 4.74 Å². The van der Waals surface area contributed by atoms with Gasteiger partial charge in [-0.25, -0.2) is 9.79 Å². The Balaban J connectivity index is 1.95. The zero-order valence-electron chi connectivity index (χ0n) is 10.6. The van der Waals surface area contributed by atoms with Gasteiger partial charge in [0.1, 0.15) is 0 Å². The fraction of sp³-hybridized carbons (Fsp3) is 0. The summed E-state index contributed by atoms with van der Waals surface area (Å²) in [6.07, 6.45) is 1.62. The predicted molar refractivity (Wildman–Crippen MR) is 78.0 cm³/mol. The molecule has 0 unspecified atom stereocenters. The average Bonchev–Trinajstić information content (AvgIpc) is 3.10. The largest absolute Gasteiger partial charge is 0.402 e. The highest BCUT2D eigenvalue weighted by molar-refractivity contribution is 7.10. The lowest BCUT2D eigenvalue weighted by Crippen LogP contribution is -2.05. The van der Waals surface area contributed by atoms with Crippen molar-refractivity contribution in [1.29, 1.82) is 0 Å². The van der Waals surface area contributed by atoms with Crippen LogP contribution in [0, 0.1) is 10.1 Å². The Bertz CT molecular complexity index is 778. The molecule has 0 saturated carbocycles. The SMILES string of the molecule is O=C1OC(c2cccc([N+](=O)[O-])c2)=N/C1=C\c1cccs1. The number of hydrogen-bond acceptors (Lipinski definition) is 6. The van der Waals surface area contributed by atoms with Gasteiger partial charge in [0.2, 0.25) is 5.90 Å². The number of ether oxygens (including phenoxy) is 1. The summed E-state index contributed by atoms with van der Waals surface area (Å²) >= 11 is 1.47. The number of nitrogens with zero attached hydrogens (tertiary/aromatic N) is 2. The number of esters is 1. The molecular weight excluding hydrogens is 292 g/mol. The Kier molecular flexibility index (Phi) is 3.33. The van der Waals surface area contributed by atoms with Crippen LogP contribution in [0.25, 0.3) is 6.08 Å². The minimum Gasteiger partial charge on any atom is -0.402 e. The number of nitro groups is 1. The minimum atomic E-state index is -0.565. The van der Waals surface area contributed by atoms with Crippen LogP contribution in [0.4, 0.5) is 5.69 Å². The van der Waals surface area contributed by atoms with Gasteiger partial charge in [-0.3, -0.25) is 10.1 Å². The summed E-state index contributed by atoms with van der Waals surface area (Å²) in [6.45, 7) is 0. The van der Waals surface area contributed by atoms with Gasteiger partial charge in [0.05, 0.1) is 4.92 Å². The van der Waals surface area contributed by atoms with Gasteiger partial charge in [0.25, 0.3) is 5.69 Å². The van der Waals surface area contributed by atoms with E-state index < -0.39 is 10.9 Å². The van der Waals surface area contributed by atoms with E-state index in [1.54, 1.807) is 12.1 Å². The molecule has 0 spiro atoms. The van der Waals surface area contributed by atoms with E-state index in [1.165, 1.54) is 29.5 Å². The molecule has 1 aliphatic rings. The second kappa shape index (κ2) is 5.29. The second-order valence-corrected chi connectivity index (χ2v) is 5.14. The zero-order chi connectivity index (χ0) is 14.8.